The highest BCUT2D eigenvalue weighted by Gasteiger charge is 2.38. The van der Waals surface area contributed by atoms with E-state index in [4.69, 9.17) is 4.42 Å². The van der Waals surface area contributed by atoms with Crippen LogP contribution in [-0.4, -0.2) is 0 Å². The second-order valence-corrected chi connectivity index (χ2v) is 15.2. The van der Waals surface area contributed by atoms with Crippen LogP contribution in [-0.2, 0) is 5.41 Å². The SMILES string of the molecule is CC1(C)c2ccccc2-c2c(-c3ccc(N(c4ccc5c(c4)oc4ccccc45)c4ccccc4-c4ccccc4)c4ccccc34)cc3ccccc3c21. The molecule has 1 aliphatic rings. The van der Waals surface area contributed by atoms with Gasteiger partial charge in [-0.3, -0.25) is 0 Å². The van der Waals surface area contributed by atoms with Crippen molar-refractivity contribution in [1.29, 1.82) is 0 Å². The third kappa shape index (κ3) is 4.74. The Labute approximate surface area is 320 Å². The first-order valence-corrected chi connectivity index (χ1v) is 19.1. The lowest BCUT2D eigenvalue weighted by Gasteiger charge is -2.30. The molecule has 0 fully saturated rings. The van der Waals surface area contributed by atoms with E-state index in [-0.39, 0.29) is 5.41 Å². The molecule has 0 bridgehead atoms. The number of hydrogen-bond acceptors (Lipinski definition) is 2. The van der Waals surface area contributed by atoms with Crippen molar-refractivity contribution in [2.24, 2.45) is 0 Å². The smallest absolute Gasteiger partial charge is 0.137 e. The molecule has 0 aliphatic heterocycles. The second-order valence-electron chi connectivity index (χ2n) is 15.2. The maximum Gasteiger partial charge on any atom is 0.137 e. The molecule has 2 heteroatoms. The van der Waals surface area contributed by atoms with Crippen molar-refractivity contribution < 1.29 is 4.42 Å². The molecule has 0 spiro atoms. The van der Waals surface area contributed by atoms with Gasteiger partial charge in [-0.15, -0.1) is 0 Å². The van der Waals surface area contributed by atoms with Crippen LogP contribution in [0, 0.1) is 0 Å². The van der Waals surface area contributed by atoms with Crippen LogP contribution < -0.4 is 4.90 Å². The standard InChI is InChI=1S/C53H37NO/c1-53(2)46-25-13-10-24-44(46)51-45(32-35-18-6-7-20-38(35)52(51)53)40-30-31-48(41-22-9-8-21-39(40)41)54(47-26-14-11-19-37(47)34-16-4-3-5-17-34)36-28-29-43-42-23-12-15-27-49(42)55-50(43)33-36/h3-33H,1-2H3. The molecule has 10 aromatic rings. The van der Waals surface area contributed by atoms with Gasteiger partial charge in [-0.2, -0.15) is 0 Å². The van der Waals surface area contributed by atoms with Crippen molar-refractivity contribution >= 4 is 60.5 Å². The maximum absolute atomic E-state index is 6.49. The number of fused-ring (bicyclic) bond motifs is 9. The Balaban J connectivity index is 1.20. The van der Waals surface area contributed by atoms with E-state index in [1.165, 1.54) is 60.5 Å². The molecule has 0 radical (unpaired) electrons. The van der Waals surface area contributed by atoms with Gasteiger partial charge in [0, 0.05) is 38.9 Å². The van der Waals surface area contributed by atoms with Crippen molar-refractivity contribution in [1.82, 2.24) is 0 Å². The summed E-state index contributed by atoms with van der Waals surface area (Å²) in [6, 6.07) is 68.3. The Morgan fingerprint density at radius 2 is 1.07 bits per heavy atom. The van der Waals surface area contributed by atoms with Crippen molar-refractivity contribution in [3.63, 3.8) is 0 Å². The fraction of sp³-hybridized carbons (Fsp3) is 0.0566. The number of benzene rings is 9. The normalized spacial score (nSPS) is 13.1. The molecule has 0 saturated carbocycles. The second kappa shape index (κ2) is 12.1. The van der Waals surface area contributed by atoms with Gasteiger partial charge in [-0.25, -0.2) is 0 Å². The Morgan fingerprint density at radius 3 is 1.93 bits per heavy atom. The van der Waals surface area contributed by atoms with Crippen LogP contribution in [0.25, 0.3) is 76.9 Å². The van der Waals surface area contributed by atoms with Gasteiger partial charge in [0.05, 0.1) is 11.4 Å². The van der Waals surface area contributed by atoms with Crippen LogP contribution in [0.3, 0.4) is 0 Å². The van der Waals surface area contributed by atoms with Gasteiger partial charge in [0.2, 0.25) is 0 Å². The van der Waals surface area contributed by atoms with E-state index in [1.807, 2.05) is 12.1 Å². The van der Waals surface area contributed by atoms with Gasteiger partial charge in [-0.05, 0) is 91.5 Å². The van der Waals surface area contributed by atoms with Crippen LogP contribution in [0.5, 0.6) is 0 Å². The Kier molecular flexibility index (Phi) is 6.93. The van der Waals surface area contributed by atoms with Gasteiger partial charge in [0.15, 0.2) is 0 Å². The molecular weight excluding hydrogens is 667 g/mol. The molecule has 0 unspecified atom stereocenters. The first kappa shape index (κ1) is 31.6. The summed E-state index contributed by atoms with van der Waals surface area (Å²) >= 11 is 0. The molecule has 0 amide bonds. The summed E-state index contributed by atoms with van der Waals surface area (Å²) in [5.74, 6) is 0. The zero-order valence-corrected chi connectivity index (χ0v) is 30.8. The van der Waals surface area contributed by atoms with Crippen molar-refractivity contribution in [3.8, 4) is 33.4 Å². The van der Waals surface area contributed by atoms with Crippen molar-refractivity contribution in [2.75, 3.05) is 4.90 Å². The first-order valence-electron chi connectivity index (χ1n) is 19.1. The van der Waals surface area contributed by atoms with Gasteiger partial charge in [0.1, 0.15) is 11.2 Å². The molecule has 0 atom stereocenters. The highest BCUT2D eigenvalue weighted by molar-refractivity contribution is 6.13. The summed E-state index contributed by atoms with van der Waals surface area (Å²) in [6.45, 7) is 4.77. The Morgan fingerprint density at radius 1 is 0.418 bits per heavy atom. The molecule has 0 saturated heterocycles. The first-order chi connectivity index (χ1) is 27.1. The number of furan rings is 1. The molecule has 11 rings (SSSR count). The number of nitrogens with zero attached hydrogens (tertiary/aromatic N) is 1. The van der Waals surface area contributed by atoms with Crippen LogP contribution in [0.1, 0.15) is 25.0 Å². The lowest BCUT2D eigenvalue weighted by molar-refractivity contribution is 0.666. The Bertz CT molecular complexity index is 3130. The molecule has 2 nitrogen and oxygen atoms in total. The maximum atomic E-state index is 6.49. The summed E-state index contributed by atoms with van der Waals surface area (Å²) in [5, 5.41) is 7.23. The predicted molar refractivity (Wildman–Crippen MR) is 232 cm³/mol. The molecule has 1 aromatic heterocycles. The molecule has 0 N–H and O–H groups in total. The van der Waals surface area contributed by atoms with Gasteiger partial charge < -0.3 is 9.32 Å². The fourth-order valence-electron chi connectivity index (χ4n) is 9.37. The molecular formula is C53H37NO. The minimum atomic E-state index is -0.134. The summed E-state index contributed by atoms with van der Waals surface area (Å²) in [5.41, 5.74) is 15.2. The topological polar surface area (TPSA) is 16.4 Å². The van der Waals surface area contributed by atoms with Crippen molar-refractivity contribution in [3.05, 3.63) is 199 Å². The van der Waals surface area contributed by atoms with E-state index in [2.05, 4.69) is 195 Å². The number of para-hydroxylation sites is 2. The van der Waals surface area contributed by atoms with E-state index in [1.54, 1.807) is 0 Å². The monoisotopic (exact) mass is 703 g/mol. The Hall–Kier alpha value is -6.90. The average molecular weight is 704 g/mol. The van der Waals surface area contributed by atoms with E-state index in [0.717, 1.165) is 44.6 Å². The van der Waals surface area contributed by atoms with Crippen molar-refractivity contribution in [2.45, 2.75) is 19.3 Å². The number of rotatable bonds is 5. The van der Waals surface area contributed by atoms with Gasteiger partial charge in [0.25, 0.3) is 0 Å². The molecule has 55 heavy (non-hydrogen) atoms. The zero-order valence-electron chi connectivity index (χ0n) is 30.8. The number of anilines is 3. The largest absolute Gasteiger partial charge is 0.456 e. The van der Waals surface area contributed by atoms with Gasteiger partial charge in [-0.1, -0.05) is 159 Å². The summed E-state index contributed by atoms with van der Waals surface area (Å²) in [7, 11) is 0. The molecule has 1 heterocycles. The van der Waals surface area contributed by atoms with Crippen LogP contribution in [0.2, 0.25) is 0 Å². The van der Waals surface area contributed by atoms with E-state index >= 15 is 0 Å². The summed E-state index contributed by atoms with van der Waals surface area (Å²) in [4.78, 5) is 2.42. The van der Waals surface area contributed by atoms with Crippen LogP contribution >= 0.6 is 0 Å². The van der Waals surface area contributed by atoms with Crippen LogP contribution in [0.4, 0.5) is 17.1 Å². The predicted octanol–water partition coefficient (Wildman–Crippen LogP) is 15.0. The zero-order chi connectivity index (χ0) is 36.7. The highest BCUT2D eigenvalue weighted by atomic mass is 16.3. The minimum Gasteiger partial charge on any atom is -0.456 e. The summed E-state index contributed by atoms with van der Waals surface area (Å²) < 4.78 is 6.49. The van der Waals surface area contributed by atoms with E-state index in [9.17, 15) is 0 Å². The highest BCUT2D eigenvalue weighted by Crippen LogP contribution is 2.56. The number of hydrogen-bond donors (Lipinski definition) is 0. The molecule has 1 aliphatic carbocycles. The molecule has 9 aromatic carbocycles. The quantitative estimate of drug-likeness (QED) is 0.177. The van der Waals surface area contributed by atoms with Gasteiger partial charge >= 0.3 is 0 Å². The van der Waals surface area contributed by atoms with E-state index < -0.39 is 0 Å². The lowest BCUT2D eigenvalue weighted by atomic mass is 9.79. The average Bonchev–Trinajstić information content (AvgIpc) is 3.73. The molecule has 260 valence electrons. The third-order valence-corrected chi connectivity index (χ3v) is 11.8. The summed E-state index contributed by atoms with van der Waals surface area (Å²) in [6.07, 6.45) is 0. The van der Waals surface area contributed by atoms with E-state index in [0.29, 0.717) is 0 Å². The lowest BCUT2D eigenvalue weighted by Crippen LogP contribution is -2.15. The third-order valence-electron chi connectivity index (χ3n) is 11.8. The van der Waals surface area contributed by atoms with Crippen LogP contribution in [0.15, 0.2) is 192 Å². The minimum absolute atomic E-state index is 0.134. The fourth-order valence-corrected chi connectivity index (χ4v) is 9.37.